The van der Waals surface area contributed by atoms with Crippen LogP contribution < -0.4 is 10.6 Å². The maximum Gasteiger partial charge on any atom is 0.265 e. The molecule has 3 rings (SSSR count). The number of anilines is 2. The van der Waals surface area contributed by atoms with E-state index in [-0.39, 0.29) is 11.0 Å². The Morgan fingerprint density at radius 3 is 2.70 bits per heavy atom. The van der Waals surface area contributed by atoms with E-state index in [0.29, 0.717) is 35.4 Å². The fourth-order valence-electron chi connectivity index (χ4n) is 3.06. The van der Waals surface area contributed by atoms with Gasteiger partial charge in [-0.2, -0.15) is 15.3 Å². The van der Waals surface area contributed by atoms with Crippen LogP contribution in [0.1, 0.15) is 38.3 Å². The highest BCUT2D eigenvalue weighted by Gasteiger charge is 2.14. The molecule has 2 aromatic carbocycles. The molecule has 0 saturated heterocycles. The van der Waals surface area contributed by atoms with Crippen molar-refractivity contribution in [3.63, 3.8) is 0 Å². The number of carbonyl (C=O) groups excluding carboxylic acids is 1. The minimum atomic E-state index is -0.439. The molecule has 3 N–H and O–H groups in total. The molecule has 0 bridgehead atoms. The van der Waals surface area contributed by atoms with Gasteiger partial charge < -0.3 is 10.6 Å². The molecule has 3 aromatic rings. The van der Waals surface area contributed by atoms with Crippen molar-refractivity contribution in [3.05, 3.63) is 70.3 Å². The second-order valence-corrected chi connectivity index (χ2v) is 9.33. The van der Waals surface area contributed by atoms with Crippen LogP contribution in [-0.4, -0.2) is 21.1 Å². The lowest BCUT2D eigenvalue weighted by molar-refractivity contribution is -0.112. The Hall–Kier alpha value is -3.63. The molecule has 8 heteroatoms. The number of halogens is 1. The Labute approximate surface area is 198 Å². The second kappa shape index (κ2) is 10.3. The number of rotatable bonds is 7. The number of aromatic amines is 1. The molecule has 0 atom stereocenters. The van der Waals surface area contributed by atoms with Crippen molar-refractivity contribution in [2.45, 2.75) is 40.7 Å². The van der Waals surface area contributed by atoms with E-state index in [1.807, 2.05) is 37.3 Å². The molecule has 0 aliphatic carbocycles. The second-order valence-electron chi connectivity index (χ2n) is 8.93. The molecule has 1 amide bonds. The van der Waals surface area contributed by atoms with Gasteiger partial charge in [-0.25, -0.2) is 5.10 Å². The Morgan fingerprint density at radius 1 is 1.24 bits per heavy atom. The first-order valence-electron chi connectivity index (χ1n) is 10.6. The molecule has 0 saturated carbocycles. The van der Waals surface area contributed by atoms with Crippen LogP contribution in [0.5, 0.6) is 0 Å². The fraction of sp³-hybridized carbons (Fsp3) is 0.280. The maximum absolute atomic E-state index is 12.5. The van der Waals surface area contributed by atoms with Crippen LogP contribution in [0.3, 0.4) is 0 Å². The van der Waals surface area contributed by atoms with E-state index in [9.17, 15) is 10.1 Å². The average molecular weight is 463 g/mol. The molecular formula is C25H27ClN6O. The lowest BCUT2D eigenvalue weighted by Crippen LogP contribution is -2.14. The van der Waals surface area contributed by atoms with Gasteiger partial charge in [0.1, 0.15) is 11.6 Å². The monoisotopic (exact) mass is 462 g/mol. The number of allylic oxidation sites excluding steroid dienone is 1. The largest absolute Gasteiger partial charge is 0.350 e. The molecule has 0 unspecified atom stereocenters. The predicted octanol–water partition coefficient (Wildman–Crippen LogP) is 5.87. The summed E-state index contributed by atoms with van der Waals surface area (Å²) in [7, 11) is 0. The number of aryl methyl sites for hydroxylation is 1. The topological polar surface area (TPSA) is 106 Å². The van der Waals surface area contributed by atoms with Crippen molar-refractivity contribution in [3.8, 4) is 17.5 Å². The van der Waals surface area contributed by atoms with E-state index in [1.165, 1.54) is 0 Å². The van der Waals surface area contributed by atoms with Gasteiger partial charge in [0.15, 0.2) is 5.82 Å². The van der Waals surface area contributed by atoms with Gasteiger partial charge in [0.05, 0.1) is 0 Å². The quantitative estimate of drug-likeness (QED) is 0.300. The van der Waals surface area contributed by atoms with E-state index in [1.54, 1.807) is 24.3 Å². The summed E-state index contributed by atoms with van der Waals surface area (Å²) in [5.74, 6) is 0.551. The normalized spacial score (nSPS) is 11.7. The van der Waals surface area contributed by atoms with Crippen molar-refractivity contribution >= 4 is 29.1 Å². The first kappa shape index (κ1) is 24.0. The summed E-state index contributed by atoms with van der Waals surface area (Å²) in [6.45, 7) is 8.67. The molecule has 170 valence electrons. The van der Waals surface area contributed by atoms with E-state index >= 15 is 0 Å². The summed E-state index contributed by atoms with van der Waals surface area (Å²) in [5, 5.41) is 23.2. The van der Waals surface area contributed by atoms with E-state index in [2.05, 4.69) is 46.6 Å². The fourth-order valence-corrected chi connectivity index (χ4v) is 3.35. The van der Waals surface area contributed by atoms with Gasteiger partial charge in [0.25, 0.3) is 5.91 Å². The number of H-pyrrole nitrogens is 1. The van der Waals surface area contributed by atoms with Gasteiger partial charge in [-0.3, -0.25) is 4.79 Å². The third-order valence-corrected chi connectivity index (χ3v) is 5.29. The maximum atomic E-state index is 12.5. The number of nitriles is 1. The minimum Gasteiger partial charge on any atom is -0.350 e. The van der Waals surface area contributed by atoms with Crippen LogP contribution in [0, 0.1) is 23.7 Å². The zero-order valence-electron chi connectivity index (χ0n) is 19.2. The van der Waals surface area contributed by atoms with Gasteiger partial charge in [-0.05, 0) is 48.1 Å². The van der Waals surface area contributed by atoms with Gasteiger partial charge >= 0.3 is 0 Å². The van der Waals surface area contributed by atoms with Crippen molar-refractivity contribution in [2.24, 2.45) is 5.41 Å². The predicted molar refractivity (Wildman–Crippen MR) is 132 cm³/mol. The third-order valence-electron chi connectivity index (χ3n) is 4.93. The van der Waals surface area contributed by atoms with Crippen molar-refractivity contribution in [1.82, 2.24) is 15.2 Å². The van der Waals surface area contributed by atoms with Gasteiger partial charge in [-0.15, -0.1) is 0 Å². The standard InChI is InChI=1S/C25H27ClN6O/c1-16-7-5-10-21(26)20(16)15-28-24-30-22(31-32-24)17-8-6-9-19(13-17)29-23(33)18(14-27)11-12-25(2,3)4/h5-11,13H,12,15H2,1-4H3,(H,29,33)(H2,28,30,31,32)/b18-11+. The zero-order valence-corrected chi connectivity index (χ0v) is 19.9. The zero-order chi connectivity index (χ0) is 24.0. The van der Waals surface area contributed by atoms with Crippen LogP contribution in [-0.2, 0) is 11.3 Å². The number of nitrogens with one attached hydrogen (secondary N) is 3. The Bertz CT molecular complexity index is 1200. The van der Waals surface area contributed by atoms with Gasteiger partial charge in [0.2, 0.25) is 5.95 Å². The first-order valence-corrected chi connectivity index (χ1v) is 11.0. The van der Waals surface area contributed by atoms with Crippen molar-refractivity contribution in [1.29, 1.82) is 5.26 Å². The molecule has 0 aliphatic heterocycles. The minimum absolute atomic E-state index is 0.00972. The molecule has 0 fully saturated rings. The third kappa shape index (κ3) is 6.67. The Balaban J connectivity index is 1.69. The van der Waals surface area contributed by atoms with Crippen LogP contribution in [0.25, 0.3) is 11.4 Å². The summed E-state index contributed by atoms with van der Waals surface area (Å²) in [5.41, 5.74) is 3.45. The molecule has 7 nitrogen and oxygen atoms in total. The molecule has 0 spiro atoms. The number of hydrogen-bond donors (Lipinski definition) is 3. The smallest absolute Gasteiger partial charge is 0.265 e. The highest BCUT2D eigenvalue weighted by Crippen LogP contribution is 2.23. The van der Waals surface area contributed by atoms with Gasteiger partial charge in [-0.1, -0.05) is 62.7 Å². The molecule has 0 radical (unpaired) electrons. The van der Waals surface area contributed by atoms with Crippen LogP contribution in [0.15, 0.2) is 54.1 Å². The SMILES string of the molecule is Cc1cccc(Cl)c1CNc1nc(-c2cccc(NC(=O)/C(C#N)=C/CC(C)(C)C)c2)n[nH]1. The molecule has 33 heavy (non-hydrogen) atoms. The van der Waals surface area contributed by atoms with Crippen molar-refractivity contribution < 1.29 is 4.79 Å². The average Bonchev–Trinajstić information content (AvgIpc) is 3.22. The first-order chi connectivity index (χ1) is 15.7. The summed E-state index contributed by atoms with van der Waals surface area (Å²) in [6, 6.07) is 14.9. The number of amides is 1. The van der Waals surface area contributed by atoms with Crippen LogP contribution >= 0.6 is 11.6 Å². The Kier molecular flexibility index (Phi) is 7.52. The van der Waals surface area contributed by atoms with Crippen LogP contribution in [0.2, 0.25) is 5.02 Å². The summed E-state index contributed by atoms with van der Waals surface area (Å²) >= 11 is 6.29. The van der Waals surface area contributed by atoms with Crippen LogP contribution in [0.4, 0.5) is 11.6 Å². The lowest BCUT2D eigenvalue weighted by Gasteiger charge is -2.15. The van der Waals surface area contributed by atoms with Gasteiger partial charge in [0, 0.05) is 22.8 Å². The highest BCUT2D eigenvalue weighted by atomic mass is 35.5. The molecule has 1 heterocycles. The number of nitrogens with zero attached hydrogens (tertiary/aromatic N) is 3. The van der Waals surface area contributed by atoms with E-state index in [4.69, 9.17) is 11.6 Å². The number of benzene rings is 2. The number of aromatic nitrogens is 3. The lowest BCUT2D eigenvalue weighted by atomic mass is 9.91. The number of carbonyl (C=O) groups is 1. The molecular weight excluding hydrogens is 436 g/mol. The van der Waals surface area contributed by atoms with E-state index < -0.39 is 5.91 Å². The van der Waals surface area contributed by atoms with E-state index in [0.717, 1.165) is 16.7 Å². The molecule has 1 aromatic heterocycles. The number of hydrogen-bond acceptors (Lipinski definition) is 5. The summed E-state index contributed by atoms with van der Waals surface area (Å²) in [4.78, 5) is 17.0. The van der Waals surface area contributed by atoms with Crippen molar-refractivity contribution in [2.75, 3.05) is 10.6 Å². The molecule has 0 aliphatic rings. The summed E-state index contributed by atoms with van der Waals surface area (Å²) in [6.07, 6.45) is 2.30. The Morgan fingerprint density at radius 2 is 2.00 bits per heavy atom. The highest BCUT2D eigenvalue weighted by molar-refractivity contribution is 6.31. The summed E-state index contributed by atoms with van der Waals surface area (Å²) < 4.78 is 0.